The predicted octanol–water partition coefficient (Wildman–Crippen LogP) is 1.92. The molecule has 0 amide bonds. The van der Waals surface area contributed by atoms with Gasteiger partial charge in [-0.15, -0.1) is 0 Å². The Hall–Kier alpha value is -1.47. The number of nitrogens with one attached hydrogen (secondary N) is 1. The van der Waals surface area contributed by atoms with Gasteiger partial charge in [-0.2, -0.15) is 4.98 Å². The number of aromatic nitrogens is 2. The first-order valence-corrected chi connectivity index (χ1v) is 5.72. The Morgan fingerprint density at radius 3 is 2.61 bits per heavy atom. The predicted molar refractivity (Wildman–Crippen MR) is 67.8 cm³/mol. The average molecular weight is 275 g/mol. The van der Waals surface area contributed by atoms with Crippen LogP contribution in [0.15, 0.2) is 0 Å². The third-order valence-corrected chi connectivity index (χ3v) is 2.58. The lowest BCUT2D eigenvalue weighted by Gasteiger charge is -2.25. The van der Waals surface area contributed by atoms with Gasteiger partial charge in [0.15, 0.2) is 0 Å². The molecule has 18 heavy (non-hydrogen) atoms. The normalized spacial score (nSPS) is 11.4. The van der Waals surface area contributed by atoms with E-state index in [0.29, 0.717) is 6.42 Å². The summed E-state index contributed by atoms with van der Waals surface area (Å²) in [5, 5.41) is 22.8. The van der Waals surface area contributed by atoms with E-state index in [1.54, 1.807) is 13.8 Å². The van der Waals surface area contributed by atoms with Gasteiger partial charge in [-0.1, -0.05) is 0 Å². The molecule has 0 aliphatic heterocycles. The Morgan fingerprint density at radius 2 is 2.11 bits per heavy atom. The lowest BCUT2D eigenvalue weighted by molar-refractivity contribution is -0.385. The fraction of sp³-hybridized carbons (Fsp3) is 0.600. The van der Waals surface area contributed by atoms with Gasteiger partial charge < -0.3 is 10.4 Å². The summed E-state index contributed by atoms with van der Waals surface area (Å²) in [6.45, 7) is 5.07. The second-order valence-electron chi connectivity index (χ2n) is 4.51. The van der Waals surface area contributed by atoms with E-state index in [1.807, 2.05) is 0 Å². The van der Waals surface area contributed by atoms with E-state index in [1.165, 1.54) is 6.92 Å². The van der Waals surface area contributed by atoms with Crippen LogP contribution in [0.1, 0.15) is 26.0 Å². The summed E-state index contributed by atoms with van der Waals surface area (Å²) in [6, 6.07) is 0. The minimum atomic E-state index is -0.553. The Balaban J connectivity index is 3.19. The van der Waals surface area contributed by atoms with Crippen molar-refractivity contribution in [1.82, 2.24) is 9.97 Å². The number of aliphatic hydroxyl groups is 1. The lowest BCUT2D eigenvalue weighted by atomic mass is 10.0. The fourth-order valence-corrected chi connectivity index (χ4v) is 1.71. The minimum Gasteiger partial charge on any atom is -0.396 e. The topological polar surface area (TPSA) is 101 Å². The van der Waals surface area contributed by atoms with Gasteiger partial charge in [-0.3, -0.25) is 10.1 Å². The number of rotatable bonds is 5. The molecule has 0 unspecified atom stereocenters. The van der Waals surface area contributed by atoms with E-state index < -0.39 is 10.5 Å². The van der Waals surface area contributed by atoms with Crippen LogP contribution in [-0.4, -0.2) is 32.1 Å². The van der Waals surface area contributed by atoms with Crippen LogP contribution in [-0.2, 0) is 0 Å². The van der Waals surface area contributed by atoms with Gasteiger partial charge in [0.2, 0.25) is 11.1 Å². The van der Waals surface area contributed by atoms with Crippen molar-refractivity contribution in [2.45, 2.75) is 32.7 Å². The Kier molecular flexibility index (Phi) is 4.42. The van der Waals surface area contributed by atoms with Crippen LogP contribution in [0, 0.1) is 17.0 Å². The molecule has 8 heteroatoms. The zero-order valence-electron chi connectivity index (χ0n) is 10.4. The Labute approximate surface area is 109 Å². The first kappa shape index (κ1) is 14.6. The first-order chi connectivity index (χ1) is 8.26. The van der Waals surface area contributed by atoms with E-state index >= 15 is 0 Å². The van der Waals surface area contributed by atoms with E-state index in [4.69, 9.17) is 16.7 Å². The minimum absolute atomic E-state index is 0.0361. The van der Waals surface area contributed by atoms with Crippen molar-refractivity contribution in [2.24, 2.45) is 0 Å². The first-order valence-electron chi connectivity index (χ1n) is 5.34. The number of aliphatic hydroxyl groups excluding tert-OH is 1. The summed E-state index contributed by atoms with van der Waals surface area (Å²) in [5.74, 6) is 0.0657. The highest BCUT2D eigenvalue weighted by atomic mass is 35.5. The standard InChI is InChI=1S/C10H15ClN4O3/c1-6-7(15(17)18)8(13-9(11)12-6)14-10(2,3)4-5-16/h16H,4-5H2,1-3H3,(H,12,13,14). The summed E-state index contributed by atoms with van der Waals surface area (Å²) in [6.07, 6.45) is 0.421. The zero-order valence-corrected chi connectivity index (χ0v) is 11.2. The molecule has 1 aromatic heterocycles. The quantitative estimate of drug-likeness (QED) is 0.483. The molecule has 0 spiro atoms. The average Bonchev–Trinajstić information content (AvgIpc) is 2.13. The largest absolute Gasteiger partial charge is 0.396 e. The molecule has 0 bridgehead atoms. The van der Waals surface area contributed by atoms with Gasteiger partial charge in [0.1, 0.15) is 5.69 Å². The van der Waals surface area contributed by atoms with Crippen LogP contribution < -0.4 is 5.32 Å². The number of nitrogens with zero attached hydrogens (tertiary/aromatic N) is 3. The van der Waals surface area contributed by atoms with Gasteiger partial charge in [0.25, 0.3) is 0 Å². The third-order valence-electron chi connectivity index (χ3n) is 2.41. The van der Waals surface area contributed by atoms with Crippen LogP contribution in [0.5, 0.6) is 0 Å². The van der Waals surface area contributed by atoms with Gasteiger partial charge in [0, 0.05) is 12.1 Å². The van der Waals surface area contributed by atoms with Crippen LogP contribution in [0.4, 0.5) is 11.5 Å². The molecular weight excluding hydrogens is 260 g/mol. The number of nitro groups is 1. The molecule has 7 nitrogen and oxygen atoms in total. The monoisotopic (exact) mass is 274 g/mol. The molecule has 0 saturated heterocycles. The second-order valence-corrected chi connectivity index (χ2v) is 4.85. The van der Waals surface area contributed by atoms with E-state index in [9.17, 15) is 10.1 Å². The molecule has 1 rings (SSSR count). The van der Waals surface area contributed by atoms with E-state index in [-0.39, 0.29) is 29.1 Å². The van der Waals surface area contributed by atoms with Crippen molar-refractivity contribution in [3.05, 3.63) is 21.1 Å². The number of halogens is 1. The number of aryl methyl sites for hydroxylation is 1. The van der Waals surface area contributed by atoms with Crippen molar-refractivity contribution in [3.63, 3.8) is 0 Å². The maximum Gasteiger partial charge on any atom is 0.332 e. The molecule has 1 heterocycles. The van der Waals surface area contributed by atoms with E-state index in [0.717, 1.165) is 0 Å². The fourth-order valence-electron chi connectivity index (χ4n) is 1.50. The highest BCUT2D eigenvalue weighted by molar-refractivity contribution is 6.28. The van der Waals surface area contributed by atoms with Crippen LogP contribution in [0.2, 0.25) is 5.28 Å². The van der Waals surface area contributed by atoms with Crippen molar-refractivity contribution in [2.75, 3.05) is 11.9 Å². The molecule has 0 fully saturated rings. The molecular formula is C10H15ClN4O3. The molecule has 0 aliphatic carbocycles. The van der Waals surface area contributed by atoms with Crippen molar-refractivity contribution in [3.8, 4) is 0 Å². The summed E-state index contributed by atoms with van der Waals surface area (Å²) in [4.78, 5) is 18.0. The summed E-state index contributed by atoms with van der Waals surface area (Å²) in [5.41, 5.74) is -0.545. The molecule has 0 aromatic carbocycles. The van der Waals surface area contributed by atoms with Crippen molar-refractivity contribution < 1.29 is 10.0 Å². The number of hydrogen-bond donors (Lipinski definition) is 2. The van der Waals surface area contributed by atoms with E-state index in [2.05, 4.69) is 15.3 Å². The van der Waals surface area contributed by atoms with Crippen LogP contribution in [0.3, 0.4) is 0 Å². The lowest BCUT2D eigenvalue weighted by Crippen LogP contribution is -2.33. The molecule has 100 valence electrons. The highest BCUT2D eigenvalue weighted by Crippen LogP contribution is 2.29. The summed E-state index contributed by atoms with van der Waals surface area (Å²) < 4.78 is 0. The van der Waals surface area contributed by atoms with Crippen molar-refractivity contribution in [1.29, 1.82) is 0 Å². The smallest absolute Gasteiger partial charge is 0.332 e. The maximum absolute atomic E-state index is 11.0. The van der Waals surface area contributed by atoms with Crippen LogP contribution >= 0.6 is 11.6 Å². The highest BCUT2D eigenvalue weighted by Gasteiger charge is 2.26. The Morgan fingerprint density at radius 1 is 1.50 bits per heavy atom. The van der Waals surface area contributed by atoms with Gasteiger partial charge in [0.05, 0.1) is 4.92 Å². The SMILES string of the molecule is Cc1nc(Cl)nc(NC(C)(C)CCO)c1[N+](=O)[O-]. The summed E-state index contributed by atoms with van der Waals surface area (Å²) >= 11 is 5.70. The van der Waals surface area contributed by atoms with Gasteiger partial charge >= 0.3 is 5.69 Å². The molecule has 0 atom stereocenters. The molecule has 1 aromatic rings. The molecule has 0 saturated carbocycles. The summed E-state index contributed by atoms with van der Waals surface area (Å²) in [7, 11) is 0. The van der Waals surface area contributed by atoms with Gasteiger partial charge in [-0.05, 0) is 38.8 Å². The van der Waals surface area contributed by atoms with Gasteiger partial charge in [-0.25, -0.2) is 4.98 Å². The number of hydrogen-bond acceptors (Lipinski definition) is 6. The Bertz CT molecular complexity index is 465. The van der Waals surface area contributed by atoms with Crippen LogP contribution in [0.25, 0.3) is 0 Å². The van der Waals surface area contributed by atoms with Crippen molar-refractivity contribution >= 4 is 23.1 Å². The third kappa shape index (κ3) is 3.51. The molecule has 0 aliphatic rings. The zero-order chi connectivity index (χ0) is 13.9. The number of anilines is 1. The maximum atomic E-state index is 11.0. The molecule has 0 radical (unpaired) electrons. The second kappa shape index (κ2) is 5.45. The molecule has 2 N–H and O–H groups in total.